The largest absolute Gasteiger partial charge is 0.384 e. The standard InChI is InChI=1S/C17H26N2O/c1-2-10-20-16-4-3-9-19(13-16)12-14-5-6-15-7-8-18-17(15)11-14/h5-6,11,16,18H,2-4,7-10,12-13H2,1H3. The van der Waals surface area contributed by atoms with E-state index < -0.39 is 0 Å². The number of anilines is 1. The highest BCUT2D eigenvalue weighted by Gasteiger charge is 2.20. The first kappa shape index (κ1) is 13.9. The molecule has 0 radical (unpaired) electrons. The average molecular weight is 274 g/mol. The molecule has 2 heterocycles. The van der Waals surface area contributed by atoms with Crippen LogP contribution in [0.4, 0.5) is 5.69 Å². The maximum atomic E-state index is 5.92. The lowest BCUT2D eigenvalue weighted by molar-refractivity contribution is -0.00222. The maximum absolute atomic E-state index is 5.92. The molecule has 110 valence electrons. The number of hydrogen-bond acceptors (Lipinski definition) is 3. The molecule has 3 rings (SSSR count). The average Bonchev–Trinajstić information content (AvgIpc) is 2.93. The molecule has 1 aromatic rings. The summed E-state index contributed by atoms with van der Waals surface area (Å²) in [6, 6.07) is 6.92. The van der Waals surface area contributed by atoms with E-state index in [0.717, 1.165) is 32.7 Å². The first-order valence-corrected chi connectivity index (χ1v) is 8.05. The predicted octanol–water partition coefficient (Wildman–Crippen LogP) is 3.05. The second-order valence-corrected chi connectivity index (χ2v) is 6.04. The summed E-state index contributed by atoms with van der Waals surface area (Å²) in [7, 11) is 0. The maximum Gasteiger partial charge on any atom is 0.0702 e. The Hall–Kier alpha value is -1.06. The van der Waals surface area contributed by atoms with E-state index in [0.29, 0.717) is 6.10 Å². The van der Waals surface area contributed by atoms with E-state index in [1.165, 1.54) is 42.6 Å². The Balaban J connectivity index is 1.57. The molecule has 3 nitrogen and oxygen atoms in total. The van der Waals surface area contributed by atoms with Crippen molar-refractivity contribution >= 4 is 5.69 Å². The lowest BCUT2D eigenvalue weighted by atomic mass is 10.1. The van der Waals surface area contributed by atoms with Crippen LogP contribution in [-0.4, -0.2) is 37.2 Å². The van der Waals surface area contributed by atoms with Crippen LogP contribution in [0.1, 0.15) is 37.3 Å². The van der Waals surface area contributed by atoms with Crippen molar-refractivity contribution in [3.05, 3.63) is 29.3 Å². The lowest BCUT2D eigenvalue weighted by Crippen LogP contribution is -2.39. The van der Waals surface area contributed by atoms with Gasteiger partial charge in [-0.2, -0.15) is 0 Å². The molecule has 1 unspecified atom stereocenters. The van der Waals surface area contributed by atoms with Crippen molar-refractivity contribution < 1.29 is 4.74 Å². The summed E-state index contributed by atoms with van der Waals surface area (Å²) in [6.45, 7) is 7.52. The van der Waals surface area contributed by atoms with E-state index in [2.05, 4.69) is 35.3 Å². The van der Waals surface area contributed by atoms with Gasteiger partial charge in [-0.25, -0.2) is 0 Å². The summed E-state index contributed by atoms with van der Waals surface area (Å²) in [5.74, 6) is 0. The fourth-order valence-electron chi connectivity index (χ4n) is 3.27. The molecule has 1 saturated heterocycles. The highest BCUT2D eigenvalue weighted by molar-refractivity contribution is 5.57. The minimum atomic E-state index is 0.441. The van der Waals surface area contributed by atoms with Crippen LogP contribution in [0.15, 0.2) is 18.2 Å². The van der Waals surface area contributed by atoms with Gasteiger partial charge in [-0.15, -0.1) is 0 Å². The van der Waals surface area contributed by atoms with Crippen molar-refractivity contribution in [1.82, 2.24) is 4.90 Å². The van der Waals surface area contributed by atoms with E-state index in [4.69, 9.17) is 4.74 Å². The molecule has 0 spiro atoms. The minimum absolute atomic E-state index is 0.441. The van der Waals surface area contributed by atoms with Gasteiger partial charge < -0.3 is 10.1 Å². The highest BCUT2D eigenvalue weighted by atomic mass is 16.5. The van der Waals surface area contributed by atoms with Gasteiger partial charge in [-0.1, -0.05) is 19.1 Å². The lowest BCUT2D eigenvalue weighted by Gasteiger charge is -2.32. The van der Waals surface area contributed by atoms with Gasteiger partial charge in [0.2, 0.25) is 0 Å². The van der Waals surface area contributed by atoms with Gasteiger partial charge in [0.25, 0.3) is 0 Å². The first-order chi connectivity index (χ1) is 9.85. The molecule has 1 atom stereocenters. The van der Waals surface area contributed by atoms with E-state index in [1.807, 2.05) is 0 Å². The molecule has 2 aliphatic heterocycles. The zero-order valence-corrected chi connectivity index (χ0v) is 12.5. The minimum Gasteiger partial charge on any atom is -0.384 e. The number of nitrogens with one attached hydrogen (secondary N) is 1. The van der Waals surface area contributed by atoms with Gasteiger partial charge in [0, 0.05) is 31.9 Å². The molecule has 2 aliphatic rings. The Labute approximate surface area is 122 Å². The van der Waals surface area contributed by atoms with Crippen molar-refractivity contribution in [2.75, 3.05) is 31.6 Å². The van der Waals surface area contributed by atoms with E-state index in [-0.39, 0.29) is 0 Å². The molecule has 1 fully saturated rings. The number of likely N-dealkylation sites (tertiary alicyclic amines) is 1. The summed E-state index contributed by atoms with van der Waals surface area (Å²) in [6.07, 6.45) is 5.22. The third-order valence-electron chi connectivity index (χ3n) is 4.31. The topological polar surface area (TPSA) is 24.5 Å². The molecule has 0 aromatic heterocycles. The SMILES string of the molecule is CCCOC1CCCN(Cc2ccc3c(c2)NCC3)C1. The van der Waals surface area contributed by atoms with Gasteiger partial charge in [-0.05, 0) is 49.4 Å². The molecule has 1 aromatic carbocycles. The van der Waals surface area contributed by atoms with E-state index >= 15 is 0 Å². The zero-order valence-electron chi connectivity index (χ0n) is 12.5. The quantitative estimate of drug-likeness (QED) is 0.893. The normalized spacial score (nSPS) is 22.6. The smallest absolute Gasteiger partial charge is 0.0702 e. The number of fused-ring (bicyclic) bond motifs is 1. The molecular weight excluding hydrogens is 248 g/mol. The Bertz CT molecular complexity index is 447. The van der Waals surface area contributed by atoms with Crippen LogP contribution in [0, 0.1) is 0 Å². The fourth-order valence-corrected chi connectivity index (χ4v) is 3.27. The van der Waals surface area contributed by atoms with Gasteiger partial charge in [-0.3, -0.25) is 4.90 Å². The van der Waals surface area contributed by atoms with Gasteiger partial charge >= 0.3 is 0 Å². The molecule has 1 N–H and O–H groups in total. The molecule has 0 bridgehead atoms. The van der Waals surface area contributed by atoms with Crippen LogP contribution in [0.3, 0.4) is 0 Å². The van der Waals surface area contributed by atoms with Crippen LogP contribution < -0.4 is 5.32 Å². The van der Waals surface area contributed by atoms with Crippen LogP contribution in [0.2, 0.25) is 0 Å². The van der Waals surface area contributed by atoms with Crippen LogP contribution in [0.5, 0.6) is 0 Å². The summed E-state index contributed by atoms with van der Waals surface area (Å²) >= 11 is 0. The van der Waals surface area contributed by atoms with Gasteiger partial charge in [0.15, 0.2) is 0 Å². The number of nitrogens with zero attached hydrogens (tertiary/aromatic N) is 1. The highest BCUT2D eigenvalue weighted by Crippen LogP contribution is 2.24. The Morgan fingerprint density at radius 1 is 1.40 bits per heavy atom. The third-order valence-corrected chi connectivity index (χ3v) is 4.31. The van der Waals surface area contributed by atoms with Crippen molar-refractivity contribution in [2.24, 2.45) is 0 Å². The first-order valence-electron chi connectivity index (χ1n) is 8.05. The Morgan fingerprint density at radius 2 is 2.35 bits per heavy atom. The number of ether oxygens (including phenoxy) is 1. The van der Waals surface area contributed by atoms with Crippen LogP contribution in [-0.2, 0) is 17.7 Å². The summed E-state index contributed by atoms with van der Waals surface area (Å²) in [5.41, 5.74) is 4.24. The number of rotatable bonds is 5. The molecule has 20 heavy (non-hydrogen) atoms. The summed E-state index contributed by atoms with van der Waals surface area (Å²) in [5, 5.41) is 3.47. The monoisotopic (exact) mass is 274 g/mol. The van der Waals surface area contributed by atoms with Crippen molar-refractivity contribution in [1.29, 1.82) is 0 Å². The van der Waals surface area contributed by atoms with Crippen molar-refractivity contribution in [2.45, 2.75) is 45.3 Å². The van der Waals surface area contributed by atoms with Crippen molar-refractivity contribution in [3.8, 4) is 0 Å². The molecule has 0 saturated carbocycles. The molecule has 3 heteroatoms. The van der Waals surface area contributed by atoms with E-state index in [9.17, 15) is 0 Å². The summed E-state index contributed by atoms with van der Waals surface area (Å²) < 4.78 is 5.92. The van der Waals surface area contributed by atoms with E-state index in [1.54, 1.807) is 0 Å². The second kappa shape index (κ2) is 6.59. The predicted molar refractivity (Wildman–Crippen MR) is 83.2 cm³/mol. The number of hydrogen-bond donors (Lipinski definition) is 1. The molecule has 0 aliphatic carbocycles. The zero-order chi connectivity index (χ0) is 13.8. The molecule has 0 amide bonds. The number of benzene rings is 1. The van der Waals surface area contributed by atoms with Crippen molar-refractivity contribution in [3.63, 3.8) is 0 Å². The number of piperidine rings is 1. The Morgan fingerprint density at radius 3 is 3.25 bits per heavy atom. The van der Waals surface area contributed by atoms with Gasteiger partial charge in [0.1, 0.15) is 0 Å². The van der Waals surface area contributed by atoms with Crippen LogP contribution in [0.25, 0.3) is 0 Å². The van der Waals surface area contributed by atoms with Gasteiger partial charge in [0.05, 0.1) is 6.10 Å². The molecular formula is C17H26N2O. The summed E-state index contributed by atoms with van der Waals surface area (Å²) in [4.78, 5) is 2.54. The second-order valence-electron chi connectivity index (χ2n) is 6.04. The van der Waals surface area contributed by atoms with Crippen LogP contribution >= 0.6 is 0 Å². The third kappa shape index (κ3) is 3.33. The Kier molecular flexibility index (Phi) is 4.58. The fraction of sp³-hybridized carbons (Fsp3) is 0.647.